The van der Waals surface area contributed by atoms with Gasteiger partial charge in [-0.3, -0.25) is 9.78 Å². The molecular formula is C17H21N3O3S. The molecule has 0 unspecified atom stereocenters. The summed E-state index contributed by atoms with van der Waals surface area (Å²) >= 11 is 0. The first-order valence-electron chi connectivity index (χ1n) is 7.57. The molecule has 0 aliphatic carbocycles. The van der Waals surface area contributed by atoms with Crippen LogP contribution < -0.4 is 5.32 Å². The normalized spacial score (nSPS) is 11.5. The smallest absolute Gasteiger partial charge is 0.251 e. The maximum absolute atomic E-state index is 12.2. The number of aryl methyl sites for hydroxylation is 1. The van der Waals surface area contributed by atoms with Gasteiger partial charge in [0, 0.05) is 24.8 Å². The average Bonchev–Trinajstić information content (AvgIpc) is 2.54. The largest absolute Gasteiger partial charge is 0.351 e. The zero-order valence-electron chi connectivity index (χ0n) is 13.8. The van der Waals surface area contributed by atoms with Crippen LogP contribution in [-0.2, 0) is 16.6 Å². The summed E-state index contributed by atoms with van der Waals surface area (Å²) in [5.41, 5.74) is 2.13. The monoisotopic (exact) mass is 347 g/mol. The van der Waals surface area contributed by atoms with Crippen LogP contribution in [0.15, 0.2) is 48.7 Å². The first-order valence-corrected chi connectivity index (χ1v) is 9.41. The maximum atomic E-state index is 12.2. The van der Waals surface area contributed by atoms with Crippen LogP contribution in [0.5, 0.6) is 0 Å². The summed E-state index contributed by atoms with van der Waals surface area (Å²) in [6.45, 7) is 2.46. The molecular weight excluding hydrogens is 326 g/mol. The first kappa shape index (κ1) is 18.1. The summed E-state index contributed by atoms with van der Waals surface area (Å²) in [6, 6.07) is 12.6. The molecule has 0 saturated heterocycles. The predicted molar refractivity (Wildman–Crippen MR) is 93.0 cm³/mol. The van der Waals surface area contributed by atoms with Crippen molar-refractivity contribution in [3.8, 4) is 0 Å². The van der Waals surface area contributed by atoms with Gasteiger partial charge in [-0.2, -0.15) is 4.31 Å². The van der Waals surface area contributed by atoms with Crippen LogP contribution in [0.1, 0.15) is 21.6 Å². The zero-order valence-corrected chi connectivity index (χ0v) is 14.6. The Kier molecular flexibility index (Phi) is 6.05. The fraction of sp³-hybridized carbons (Fsp3) is 0.294. The highest BCUT2D eigenvalue weighted by Crippen LogP contribution is 2.07. The number of carbonyl (C=O) groups is 1. The van der Waals surface area contributed by atoms with E-state index in [9.17, 15) is 13.2 Å². The van der Waals surface area contributed by atoms with Crippen molar-refractivity contribution in [2.45, 2.75) is 13.5 Å². The third kappa shape index (κ3) is 5.14. The number of hydrogen-bond acceptors (Lipinski definition) is 4. The molecule has 1 aromatic carbocycles. The van der Waals surface area contributed by atoms with Crippen molar-refractivity contribution < 1.29 is 13.2 Å². The molecule has 6 nitrogen and oxygen atoms in total. The van der Waals surface area contributed by atoms with E-state index in [4.69, 9.17) is 0 Å². The summed E-state index contributed by atoms with van der Waals surface area (Å²) in [5.74, 6) is -0.209. The predicted octanol–water partition coefficient (Wildman–Crippen LogP) is 1.58. The molecule has 0 aliphatic heterocycles. The van der Waals surface area contributed by atoms with Crippen LogP contribution >= 0.6 is 0 Å². The molecule has 0 atom stereocenters. The fourth-order valence-corrected chi connectivity index (χ4v) is 3.04. The SMILES string of the molecule is Cc1ccccc1C(=O)NCCN(Cc1ccccn1)S(C)(=O)=O. The summed E-state index contributed by atoms with van der Waals surface area (Å²) in [7, 11) is -3.39. The Labute approximate surface area is 142 Å². The number of benzene rings is 1. The number of hydrogen-bond donors (Lipinski definition) is 1. The van der Waals surface area contributed by atoms with E-state index in [2.05, 4.69) is 10.3 Å². The van der Waals surface area contributed by atoms with Gasteiger partial charge in [0.25, 0.3) is 5.91 Å². The molecule has 0 saturated carbocycles. The topological polar surface area (TPSA) is 79.4 Å². The van der Waals surface area contributed by atoms with Gasteiger partial charge in [0.1, 0.15) is 0 Å². The maximum Gasteiger partial charge on any atom is 0.251 e. The van der Waals surface area contributed by atoms with Gasteiger partial charge in [0.15, 0.2) is 0 Å². The van der Waals surface area contributed by atoms with Crippen molar-refractivity contribution in [3.63, 3.8) is 0 Å². The molecule has 1 aromatic heterocycles. The number of aromatic nitrogens is 1. The zero-order chi connectivity index (χ0) is 17.6. The number of rotatable bonds is 7. The second-order valence-electron chi connectivity index (χ2n) is 5.49. The fourth-order valence-electron chi connectivity index (χ4n) is 2.25. The number of nitrogens with one attached hydrogen (secondary N) is 1. The van der Waals surface area contributed by atoms with Crippen molar-refractivity contribution in [3.05, 3.63) is 65.5 Å². The lowest BCUT2D eigenvalue weighted by Gasteiger charge is -2.19. The van der Waals surface area contributed by atoms with Crippen LogP contribution in [0.25, 0.3) is 0 Å². The molecule has 0 aliphatic rings. The standard InChI is InChI=1S/C17H21N3O3S/c1-14-7-3-4-9-16(14)17(21)19-11-12-20(24(2,22)23)13-15-8-5-6-10-18-15/h3-10H,11-13H2,1-2H3,(H,19,21). The van der Waals surface area contributed by atoms with Gasteiger partial charge in [0.2, 0.25) is 10.0 Å². The minimum atomic E-state index is -3.39. The van der Waals surface area contributed by atoms with Gasteiger partial charge in [-0.15, -0.1) is 0 Å². The molecule has 1 amide bonds. The summed E-state index contributed by atoms with van der Waals surface area (Å²) in [6.07, 6.45) is 2.77. The van der Waals surface area contributed by atoms with E-state index in [0.29, 0.717) is 11.3 Å². The molecule has 2 rings (SSSR count). The summed E-state index contributed by atoms with van der Waals surface area (Å²) in [5, 5.41) is 2.76. The summed E-state index contributed by atoms with van der Waals surface area (Å²) in [4.78, 5) is 16.3. The van der Waals surface area contributed by atoms with E-state index in [0.717, 1.165) is 11.8 Å². The molecule has 7 heteroatoms. The van der Waals surface area contributed by atoms with Crippen LogP contribution in [0.3, 0.4) is 0 Å². The van der Waals surface area contributed by atoms with Crippen LogP contribution in [0, 0.1) is 6.92 Å². The molecule has 128 valence electrons. The Balaban J connectivity index is 1.96. The minimum absolute atomic E-state index is 0.180. The minimum Gasteiger partial charge on any atom is -0.351 e. The average molecular weight is 347 g/mol. The van der Waals surface area contributed by atoms with Crippen molar-refractivity contribution >= 4 is 15.9 Å². The van der Waals surface area contributed by atoms with E-state index in [1.807, 2.05) is 25.1 Å². The van der Waals surface area contributed by atoms with Gasteiger partial charge in [-0.25, -0.2) is 8.42 Å². The van der Waals surface area contributed by atoms with Crippen LogP contribution in [0.4, 0.5) is 0 Å². The second-order valence-corrected chi connectivity index (χ2v) is 7.47. The van der Waals surface area contributed by atoms with Crippen molar-refractivity contribution in [1.82, 2.24) is 14.6 Å². The third-order valence-electron chi connectivity index (χ3n) is 3.57. The number of nitrogens with zero attached hydrogens (tertiary/aromatic N) is 2. The van der Waals surface area contributed by atoms with Crippen LogP contribution in [-0.4, -0.2) is 43.0 Å². The second kappa shape index (κ2) is 8.03. The van der Waals surface area contributed by atoms with Crippen molar-refractivity contribution in [2.24, 2.45) is 0 Å². The molecule has 0 radical (unpaired) electrons. The lowest BCUT2D eigenvalue weighted by atomic mass is 10.1. The summed E-state index contributed by atoms with van der Waals surface area (Å²) < 4.78 is 25.1. The number of amides is 1. The van der Waals surface area contributed by atoms with E-state index < -0.39 is 10.0 Å². The highest BCUT2D eigenvalue weighted by atomic mass is 32.2. The third-order valence-corrected chi connectivity index (χ3v) is 4.82. The van der Waals surface area contributed by atoms with E-state index in [1.54, 1.807) is 30.5 Å². The van der Waals surface area contributed by atoms with Gasteiger partial charge >= 0.3 is 0 Å². The number of pyridine rings is 1. The van der Waals surface area contributed by atoms with E-state index in [-0.39, 0.29) is 25.5 Å². The van der Waals surface area contributed by atoms with Crippen molar-refractivity contribution in [1.29, 1.82) is 0 Å². The highest BCUT2D eigenvalue weighted by molar-refractivity contribution is 7.88. The lowest BCUT2D eigenvalue weighted by molar-refractivity contribution is 0.0951. The Bertz CT molecular complexity index is 792. The van der Waals surface area contributed by atoms with Crippen LogP contribution in [0.2, 0.25) is 0 Å². The molecule has 24 heavy (non-hydrogen) atoms. The number of carbonyl (C=O) groups excluding carboxylic acids is 1. The lowest BCUT2D eigenvalue weighted by Crippen LogP contribution is -2.38. The van der Waals surface area contributed by atoms with Gasteiger partial charge in [-0.05, 0) is 30.7 Å². The van der Waals surface area contributed by atoms with E-state index in [1.165, 1.54) is 4.31 Å². The highest BCUT2D eigenvalue weighted by Gasteiger charge is 2.18. The Morgan fingerprint density at radius 1 is 1.17 bits per heavy atom. The molecule has 1 heterocycles. The Morgan fingerprint density at radius 2 is 1.88 bits per heavy atom. The quantitative estimate of drug-likeness (QED) is 0.825. The number of sulfonamides is 1. The van der Waals surface area contributed by atoms with E-state index >= 15 is 0 Å². The molecule has 0 fully saturated rings. The van der Waals surface area contributed by atoms with Gasteiger partial charge in [0.05, 0.1) is 18.5 Å². The van der Waals surface area contributed by atoms with Gasteiger partial charge < -0.3 is 5.32 Å². The van der Waals surface area contributed by atoms with Gasteiger partial charge in [-0.1, -0.05) is 24.3 Å². The Hall–Kier alpha value is -2.25. The molecule has 1 N–H and O–H groups in total. The first-order chi connectivity index (χ1) is 11.4. The molecule has 2 aromatic rings. The molecule has 0 bridgehead atoms. The van der Waals surface area contributed by atoms with Crippen molar-refractivity contribution in [2.75, 3.05) is 19.3 Å². The Morgan fingerprint density at radius 3 is 2.50 bits per heavy atom. The molecule has 0 spiro atoms.